The van der Waals surface area contributed by atoms with Crippen molar-refractivity contribution in [2.24, 2.45) is 11.8 Å². The molecule has 1 aliphatic carbocycles. The molecule has 2 heterocycles. The van der Waals surface area contributed by atoms with Gasteiger partial charge in [-0.1, -0.05) is 55.1 Å². The number of hydrogen-bond donors (Lipinski definition) is 3. The van der Waals surface area contributed by atoms with Crippen LogP contribution >= 0.6 is 11.6 Å². The minimum absolute atomic E-state index is 0.00320. The minimum atomic E-state index is -0.0222. The van der Waals surface area contributed by atoms with Crippen LogP contribution in [0.2, 0.25) is 5.02 Å². The van der Waals surface area contributed by atoms with Crippen LogP contribution in [0.5, 0.6) is 0 Å². The Labute approximate surface area is 213 Å². The largest absolute Gasteiger partial charge is 0.356 e. The molecule has 35 heavy (non-hydrogen) atoms. The molecule has 0 aromatic heterocycles. The Morgan fingerprint density at radius 1 is 0.914 bits per heavy atom. The van der Waals surface area contributed by atoms with Crippen LogP contribution in [0.3, 0.4) is 0 Å². The molecule has 3 N–H and O–H groups in total. The van der Waals surface area contributed by atoms with Gasteiger partial charge in [-0.2, -0.15) is 0 Å². The summed E-state index contributed by atoms with van der Waals surface area (Å²) in [7, 11) is 0. The third kappa shape index (κ3) is 5.57. The summed E-state index contributed by atoms with van der Waals surface area (Å²) in [5.41, 5.74) is 3.74. The van der Waals surface area contributed by atoms with Gasteiger partial charge in [-0.3, -0.25) is 9.59 Å². The molecule has 2 aliphatic heterocycles. The predicted molar refractivity (Wildman–Crippen MR) is 141 cm³/mol. The maximum atomic E-state index is 12.9. The fourth-order valence-electron chi connectivity index (χ4n) is 6.30. The van der Waals surface area contributed by atoms with Crippen molar-refractivity contribution in [1.82, 2.24) is 16.0 Å². The molecule has 3 fully saturated rings. The van der Waals surface area contributed by atoms with E-state index in [-0.39, 0.29) is 29.7 Å². The summed E-state index contributed by atoms with van der Waals surface area (Å²) in [6.45, 7) is 2.65. The van der Waals surface area contributed by atoms with Crippen LogP contribution in [0.4, 0.5) is 0 Å². The normalized spacial score (nSPS) is 22.5. The van der Waals surface area contributed by atoms with Gasteiger partial charge in [0.1, 0.15) is 0 Å². The number of rotatable bonds is 6. The van der Waals surface area contributed by atoms with E-state index in [4.69, 9.17) is 11.6 Å². The number of carbonyl (C=O) groups excluding carboxylic acids is 2. The van der Waals surface area contributed by atoms with E-state index in [2.05, 4.69) is 28.1 Å². The lowest BCUT2D eigenvalue weighted by Gasteiger charge is -2.34. The Bertz CT molecular complexity index is 1060. The highest BCUT2D eigenvalue weighted by molar-refractivity contribution is 6.31. The van der Waals surface area contributed by atoms with Gasteiger partial charge in [0.2, 0.25) is 5.91 Å². The van der Waals surface area contributed by atoms with Crippen molar-refractivity contribution in [3.8, 4) is 11.1 Å². The quantitative estimate of drug-likeness (QED) is 0.512. The number of hydrogen-bond acceptors (Lipinski definition) is 3. The molecule has 5 rings (SSSR count). The average Bonchev–Trinajstić information content (AvgIpc) is 3.32. The number of benzene rings is 2. The van der Waals surface area contributed by atoms with Crippen LogP contribution in [0, 0.1) is 11.8 Å². The Kier molecular flexibility index (Phi) is 7.74. The number of carbonyl (C=O) groups is 2. The second-order valence-electron chi connectivity index (χ2n) is 10.4. The van der Waals surface area contributed by atoms with Crippen molar-refractivity contribution < 1.29 is 9.59 Å². The molecule has 6 heteroatoms. The van der Waals surface area contributed by atoms with Crippen LogP contribution in [-0.2, 0) is 4.79 Å². The van der Waals surface area contributed by atoms with Gasteiger partial charge >= 0.3 is 0 Å². The van der Waals surface area contributed by atoms with Crippen LogP contribution in [0.25, 0.3) is 11.1 Å². The first-order chi connectivity index (χ1) is 17.1. The summed E-state index contributed by atoms with van der Waals surface area (Å²) in [5, 5.41) is 10.3. The van der Waals surface area contributed by atoms with Gasteiger partial charge < -0.3 is 16.0 Å². The summed E-state index contributed by atoms with van der Waals surface area (Å²) in [6.07, 6.45) is 8.89. The van der Waals surface area contributed by atoms with Gasteiger partial charge in [-0.25, -0.2) is 0 Å². The van der Waals surface area contributed by atoms with Crippen molar-refractivity contribution in [3.05, 3.63) is 58.6 Å². The van der Waals surface area contributed by atoms with E-state index < -0.39 is 0 Å². The van der Waals surface area contributed by atoms with Crippen molar-refractivity contribution in [2.45, 2.75) is 63.3 Å². The number of piperidine rings is 1. The highest BCUT2D eigenvalue weighted by Crippen LogP contribution is 2.45. The minimum Gasteiger partial charge on any atom is -0.356 e. The van der Waals surface area contributed by atoms with E-state index >= 15 is 0 Å². The smallest absolute Gasteiger partial charge is 0.251 e. The molecule has 2 unspecified atom stereocenters. The highest BCUT2D eigenvalue weighted by atomic mass is 35.5. The van der Waals surface area contributed by atoms with Gasteiger partial charge in [0, 0.05) is 29.1 Å². The van der Waals surface area contributed by atoms with E-state index in [9.17, 15) is 9.59 Å². The molecule has 2 aromatic carbocycles. The molecule has 1 saturated carbocycles. The molecule has 0 bridgehead atoms. The van der Waals surface area contributed by atoms with Gasteiger partial charge in [0.05, 0.1) is 0 Å². The Balaban J connectivity index is 1.38. The Morgan fingerprint density at radius 2 is 1.69 bits per heavy atom. The molecule has 0 spiro atoms. The van der Waals surface area contributed by atoms with Crippen LogP contribution < -0.4 is 16.0 Å². The lowest BCUT2D eigenvalue weighted by molar-refractivity contribution is -0.123. The average molecular weight is 494 g/mol. The van der Waals surface area contributed by atoms with E-state index in [1.807, 2.05) is 30.3 Å². The first-order valence-corrected chi connectivity index (χ1v) is 13.7. The van der Waals surface area contributed by atoms with E-state index in [0.29, 0.717) is 11.5 Å². The first-order valence-electron chi connectivity index (χ1n) is 13.3. The zero-order valence-electron chi connectivity index (χ0n) is 20.3. The van der Waals surface area contributed by atoms with Gasteiger partial charge in [-0.15, -0.1) is 0 Å². The molecule has 3 aliphatic rings. The van der Waals surface area contributed by atoms with Gasteiger partial charge in [-0.05, 0) is 91.9 Å². The van der Waals surface area contributed by atoms with Gasteiger partial charge in [0.25, 0.3) is 5.91 Å². The molecule has 2 atom stereocenters. The zero-order valence-corrected chi connectivity index (χ0v) is 21.1. The maximum absolute atomic E-state index is 12.9. The van der Waals surface area contributed by atoms with E-state index in [0.717, 1.165) is 60.6 Å². The highest BCUT2D eigenvalue weighted by Gasteiger charge is 2.39. The monoisotopic (exact) mass is 493 g/mol. The summed E-state index contributed by atoms with van der Waals surface area (Å²) in [4.78, 5) is 25.5. The first kappa shape index (κ1) is 24.3. The molecule has 2 aromatic rings. The van der Waals surface area contributed by atoms with E-state index in [1.165, 1.54) is 32.1 Å². The standard InChI is InChI=1S/C29H36ClN3O2/c30-26-18-21(20-7-4-8-22(17-20)28(34)33-23-11-14-31-15-12-23)9-10-24(26)27(19-5-2-1-3-6-19)25-13-16-32-29(25)35/h4,7-10,17-19,23,25,27,31H,1-3,5-6,11-16H2,(H,32,35)(H,33,34). The summed E-state index contributed by atoms with van der Waals surface area (Å²) < 4.78 is 0. The van der Waals surface area contributed by atoms with Crippen molar-refractivity contribution >= 4 is 23.4 Å². The Hall–Kier alpha value is -2.37. The van der Waals surface area contributed by atoms with Crippen molar-refractivity contribution in [1.29, 1.82) is 0 Å². The molecule has 2 amide bonds. The molecule has 186 valence electrons. The number of amides is 2. The molecule has 2 saturated heterocycles. The third-order valence-electron chi connectivity index (χ3n) is 8.17. The van der Waals surface area contributed by atoms with Crippen molar-refractivity contribution in [2.75, 3.05) is 19.6 Å². The van der Waals surface area contributed by atoms with Crippen LogP contribution in [-0.4, -0.2) is 37.5 Å². The lowest BCUT2D eigenvalue weighted by atomic mass is 9.70. The number of nitrogens with one attached hydrogen (secondary N) is 3. The fraction of sp³-hybridized carbons (Fsp3) is 0.517. The van der Waals surface area contributed by atoms with Crippen LogP contribution in [0.15, 0.2) is 42.5 Å². The molecule has 0 radical (unpaired) electrons. The summed E-state index contributed by atoms with van der Waals surface area (Å²) in [5.74, 6) is 0.826. The van der Waals surface area contributed by atoms with Crippen LogP contribution in [0.1, 0.15) is 73.2 Å². The molecular formula is C29H36ClN3O2. The SMILES string of the molecule is O=C(NC1CCNCC1)c1cccc(-c2ccc(C(C3CCCCC3)C3CCNC3=O)c(Cl)c2)c1. The number of halogens is 1. The lowest BCUT2D eigenvalue weighted by Crippen LogP contribution is -2.42. The predicted octanol–water partition coefficient (Wildman–Crippen LogP) is 5.29. The second kappa shape index (κ2) is 11.1. The van der Waals surface area contributed by atoms with Gasteiger partial charge in [0.15, 0.2) is 0 Å². The maximum Gasteiger partial charge on any atom is 0.251 e. The zero-order chi connectivity index (χ0) is 24.2. The fourth-order valence-corrected chi connectivity index (χ4v) is 6.61. The second-order valence-corrected chi connectivity index (χ2v) is 10.8. The molecule has 5 nitrogen and oxygen atoms in total. The summed E-state index contributed by atoms with van der Waals surface area (Å²) >= 11 is 6.93. The molecular weight excluding hydrogens is 458 g/mol. The van der Waals surface area contributed by atoms with E-state index in [1.54, 1.807) is 0 Å². The summed E-state index contributed by atoms with van der Waals surface area (Å²) in [6, 6.07) is 14.3. The third-order valence-corrected chi connectivity index (χ3v) is 8.50. The Morgan fingerprint density at radius 3 is 2.40 bits per heavy atom. The van der Waals surface area contributed by atoms with Crippen molar-refractivity contribution in [3.63, 3.8) is 0 Å². The topological polar surface area (TPSA) is 70.2 Å².